The molecule has 1 N–H and O–H groups in total. The van der Waals surface area contributed by atoms with Crippen LogP contribution in [0.25, 0.3) is 0 Å². The second kappa shape index (κ2) is 7.31. The molecule has 1 aliphatic rings. The minimum absolute atomic E-state index is 0.233. The van der Waals surface area contributed by atoms with Crippen LogP contribution in [0.5, 0.6) is 5.75 Å². The molecule has 0 aromatic heterocycles. The van der Waals surface area contributed by atoms with Crippen LogP contribution in [0.4, 0.5) is 0 Å². The molecule has 2 rings (SSSR count). The quantitative estimate of drug-likeness (QED) is 0.885. The molecular formula is C16H24N2O4S. The zero-order valence-electron chi connectivity index (χ0n) is 13.8. The lowest BCUT2D eigenvalue weighted by Gasteiger charge is -2.33. The van der Waals surface area contributed by atoms with Crippen LogP contribution in [0, 0.1) is 6.92 Å². The van der Waals surface area contributed by atoms with E-state index in [2.05, 4.69) is 5.32 Å². The zero-order chi connectivity index (χ0) is 17.0. The Balaban J connectivity index is 2.38. The molecule has 128 valence electrons. The second-order valence-electron chi connectivity index (χ2n) is 5.60. The Labute approximate surface area is 137 Å². The number of hydrogen-bond acceptors (Lipinski definition) is 4. The molecule has 1 amide bonds. The van der Waals surface area contributed by atoms with Crippen LogP contribution in [0.3, 0.4) is 0 Å². The van der Waals surface area contributed by atoms with Crippen molar-refractivity contribution in [3.63, 3.8) is 0 Å². The molecule has 1 heterocycles. The highest BCUT2D eigenvalue weighted by molar-refractivity contribution is 7.89. The summed E-state index contributed by atoms with van der Waals surface area (Å²) in [6.45, 7) is 4.51. The fraction of sp³-hybridized carbons (Fsp3) is 0.562. The SMILES string of the molecule is CCOc1ccc(S(=O)(=O)N2CCCC[C@H]2C(=O)NC)c(C)c1. The summed E-state index contributed by atoms with van der Waals surface area (Å²) in [6.07, 6.45) is 2.17. The normalized spacial score (nSPS) is 19.3. The number of ether oxygens (including phenoxy) is 1. The number of amides is 1. The van der Waals surface area contributed by atoms with Crippen LogP contribution in [0.1, 0.15) is 31.7 Å². The van der Waals surface area contributed by atoms with Gasteiger partial charge in [0.2, 0.25) is 15.9 Å². The fourth-order valence-corrected chi connectivity index (χ4v) is 4.78. The van der Waals surface area contributed by atoms with E-state index in [1.807, 2.05) is 6.92 Å². The number of nitrogens with zero attached hydrogens (tertiary/aromatic N) is 1. The molecule has 6 nitrogen and oxygen atoms in total. The summed E-state index contributed by atoms with van der Waals surface area (Å²) in [4.78, 5) is 12.3. The van der Waals surface area contributed by atoms with E-state index >= 15 is 0 Å². The van der Waals surface area contributed by atoms with Crippen LogP contribution in [0.2, 0.25) is 0 Å². The van der Waals surface area contributed by atoms with E-state index in [0.29, 0.717) is 30.9 Å². The van der Waals surface area contributed by atoms with Crippen LogP contribution < -0.4 is 10.1 Å². The van der Waals surface area contributed by atoms with Crippen LogP contribution in [-0.2, 0) is 14.8 Å². The third kappa shape index (κ3) is 3.67. The minimum Gasteiger partial charge on any atom is -0.494 e. The Morgan fingerprint density at radius 3 is 2.74 bits per heavy atom. The molecule has 1 aromatic rings. The first-order valence-corrected chi connectivity index (χ1v) is 9.32. The molecule has 7 heteroatoms. The largest absolute Gasteiger partial charge is 0.494 e. The van der Waals surface area contributed by atoms with Crippen molar-refractivity contribution in [3.8, 4) is 5.75 Å². The van der Waals surface area contributed by atoms with E-state index < -0.39 is 16.1 Å². The Kier molecular flexibility index (Phi) is 5.64. The number of rotatable bonds is 5. The van der Waals surface area contributed by atoms with Crippen molar-refractivity contribution in [2.45, 2.75) is 44.0 Å². The molecule has 1 aliphatic heterocycles. The van der Waals surface area contributed by atoms with E-state index in [-0.39, 0.29) is 10.8 Å². The van der Waals surface area contributed by atoms with Gasteiger partial charge in [0.15, 0.2) is 0 Å². The molecule has 23 heavy (non-hydrogen) atoms. The number of hydrogen-bond donors (Lipinski definition) is 1. The van der Waals surface area contributed by atoms with Gasteiger partial charge in [-0.15, -0.1) is 0 Å². The zero-order valence-corrected chi connectivity index (χ0v) is 14.6. The molecule has 0 spiro atoms. The number of piperidine rings is 1. The van der Waals surface area contributed by atoms with Gasteiger partial charge in [0.1, 0.15) is 11.8 Å². The topological polar surface area (TPSA) is 75.7 Å². The van der Waals surface area contributed by atoms with Crippen molar-refractivity contribution in [1.29, 1.82) is 0 Å². The van der Waals surface area contributed by atoms with E-state index in [1.54, 1.807) is 25.1 Å². The molecule has 0 aliphatic carbocycles. The Morgan fingerprint density at radius 2 is 2.13 bits per heavy atom. The monoisotopic (exact) mass is 340 g/mol. The lowest BCUT2D eigenvalue weighted by atomic mass is 10.0. The molecule has 1 aromatic carbocycles. The van der Waals surface area contributed by atoms with Gasteiger partial charge in [0.25, 0.3) is 0 Å². The minimum atomic E-state index is -3.71. The average molecular weight is 340 g/mol. The number of carbonyl (C=O) groups is 1. The van der Waals surface area contributed by atoms with Gasteiger partial charge in [-0.25, -0.2) is 8.42 Å². The van der Waals surface area contributed by atoms with E-state index in [1.165, 1.54) is 11.4 Å². The number of likely N-dealkylation sites (N-methyl/N-ethyl adjacent to an activating group) is 1. The third-order valence-corrected chi connectivity index (χ3v) is 6.12. The number of carbonyl (C=O) groups excluding carboxylic acids is 1. The first kappa shape index (κ1) is 17.7. The van der Waals surface area contributed by atoms with Gasteiger partial charge < -0.3 is 10.1 Å². The predicted octanol–water partition coefficient (Wildman–Crippen LogP) is 1.68. The summed E-state index contributed by atoms with van der Waals surface area (Å²) in [5, 5.41) is 2.56. The first-order valence-electron chi connectivity index (χ1n) is 7.88. The van der Waals surface area contributed by atoms with E-state index in [9.17, 15) is 13.2 Å². The Morgan fingerprint density at radius 1 is 1.39 bits per heavy atom. The maximum absolute atomic E-state index is 13.0. The first-order chi connectivity index (χ1) is 10.9. The van der Waals surface area contributed by atoms with Gasteiger partial charge in [0.05, 0.1) is 11.5 Å². The molecule has 1 saturated heterocycles. The smallest absolute Gasteiger partial charge is 0.244 e. The highest BCUT2D eigenvalue weighted by Crippen LogP contribution is 2.29. The summed E-state index contributed by atoms with van der Waals surface area (Å²) in [6, 6.07) is 4.30. The predicted molar refractivity (Wildman–Crippen MR) is 87.9 cm³/mol. The van der Waals surface area contributed by atoms with Gasteiger partial charge in [-0.3, -0.25) is 4.79 Å². The van der Waals surface area contributed by atoms with Crippen molar-refractivity contribution in [2.24, 2.45) is 0 Å². The van der Waals surface area contributed by atoms with Gasteiger partial charge >= 0.3 is 0 Å². The van der Waals surface area contributed by atoms with Gasteiger partial charge in [-0.1, -0.05) is 6.42 Å². The lowest BCUT2D eigenvalue weighted by molar-refractivity contribution is -0.125. The lowest BCUT2D eigenvalue weighted by Crippen LogP contribution is -2.51. The van der Waals surface area contributed by atoms with Crippen molar-refractivity contribution in [1.82, 2.24) is 9.62 Å². The molecule has 0 bridgehead atoms. The van der Waals surface area contributed by atoms with E-state index in [4.69, 9.17) is 4.74 Å². The van der Waals surface area contributed by atoms with Crippen molar-refractivity contribution in [2.75, 3.05) is 20.2 Å². The maximum Gasteiger partial charge on any atom is 0.244 e. The van der Waals surface area contributed by atoms with Crippen molar-refractivity contribution < 1.29 is 17.9 Å². The van der Waals surface area contributed by atoms with Gasteiger partial charge in [-0.05, 0) is 50.5 Å². The number of nitrogens with one attached hydrogen (secondary N) is 1. The van der Waals surface area contributed by atoms with E-state index in [0.717, 1.165) is 12.8 Å². The molecule has 0 unspecified atom stereocenters. The maximum atomic E-state index is 13.0. The van der Waals surface area contributed by atoms with Crippen LogP contribution >= 0.6 is 0 Å². The van der Waals surface area contributed by atoms with Gasteiger partial charge in [0, 0.05) is 13.6 Å². The number of sulfonamides is 1. The number of benzene rings is 1. The third-order valence-electron chi connectivity index (χ3n) is 4.05. The average Bonchev–Trinajstić information content (AvgIpc) is 2.54. The molecule has 0 saturated carbocycles. The molecule has 1 atom stereocenters. The van der Waals surface area contributed by atoms with Crippen molar-refractivity contribution >= 4 is 15.9 Å². The standard InChI is InChI=1S/C16H24N2O4S/c1-4-22-13-8-9-15(12(2)11-13)23(20,21)18-10-6-5-7-14(18)16(19)17-3/h8-9,11,14H,4-7,10H2,1-3H3,(H,17,19)/t14-/m0/s1. The summed E-state index contributed by atoms with van der Waals surface area (Å²) in [7, 11) is -2.18. The summed E-state index contributed by atoms with van der Waals surface area (Å²) < 4.78 is 32.8. The van der Waals surface area contributed by atoms with Crippen LogP contribution in [0.15, 0.2) is 23.1 Å². The summed E-state index contributed by atoms with van der Waals surface area (Å²) in [5.74, 6) is 0.391. The molecular weight excluding hydrogens is 316 g/mol. The summed E-state index contributed by atoms with van der Waals surface area (Å²) in [5.41, 5.74) is 0.622. The van der Waals surface area contributed by atoms with Crippen LogP contribution in [-0.4, -0.2) is 44.9 Å². The Bertz CT molecular complexity index is 673. The highest BCUT2D eigenvalue weighted by Gasteiger charge is 2.37. The molecule has 0 radical (unpaired) electrons. The summed E-state index contributed by atoms with van der Waals surface area (Å²) >= 11 is 0. The highest BCUT2D eigenvalue weighted by atomic mass is 32.2. The molecule has 1 fully saturated rings. The number of aryl methyl sites for hydroxylation is 1. The van der Waals surface area contributed by atoms with Crippen molar-refractivity contribution in [3.05, 3.63) is 23.8 Å². The fourth-order valence-electron chi connectivity index (χ4n) is 2.92. The Hall–Kier alpha value is -1.60. The van der Waals surface area contributed by atoms with Gasteiger partial charge in [-0.2, -0.15) is 4.31 Å². The second-order valence-corrected chi connectivity index (χ2v) is 7.46.